The molecule has 0 heterocycles. The van der Waals surface area contributed by atoms with E-state index < -0.39 is 0 Å². The summed E-state index contributed by atoms with van der Waals surface area (Å²) in [7, 11) is 0. The van der Waals surface area contributed by atoms with E-state index >= 15 is 0 Å². The minimum absolute atomic E-state index is 0.00336. The standard InChI is InChI=1S/C6H11NO2S2/c1-10-4-5(3-8)11-6(9)2-7/h3,5H,2,4,7H2,1H3/t5-/m1/s1. The summed E-state index contributed by atoms with van der Waals surface area (Å²) < 4.78 is 0. The van der Waals surface area contributed by atoms with Gasteiger partial charge in [0.05, 0.1) is 11.8 Å². The molecule has 3 nitrogen and oxygen atoms in total. The second-order valence-corrected chi connectivity index (χ2v) is 4.03. The molecular weight excluding hydrogens is 182 g/mol. The molecule has 0 saturated heterocycles. The van der Waals surface area contributed by atoms with Gasteiger partial charge in [0, 0.05) is 5.75 Å². The Morgan fingerprint density at radius 3 is 2.73 bits per heavy atom. The third kappa shape index (κ3) is 5.29. The first-order valence-electron chi connectivity index (χ1n) is 3.08. The van der Waals surface area contributed by atoms with E-state index in [4.69, 9.17) is 5.73 Å². The van der Waals surface area contributed by atoms with Crippen molar-refractivity contribution in [2.75, 3.05) is 18.6 Å². The van der Waals surface area contributed by atoms with E-state index in [-0.39, 0.29) is 16.9 Å². The molecule has 1 atom stereocenters. The molecular formula is C6H11NO2S2. The summed E-state index contributed by atoms with van der Waals surface area (Å²) in [6.07, 6.45) is 2.68. The Morgan fingerprint density at radius 1 is 1.73 bits per heavy atom. The predicted octanol–water partition coefficient (Wildman–Crippen LogP) is 0.135. The van der Waals surface area contributed by atoms with Crippen molar-refractivity contribution < 1.29 is 9.59 Å². The molecule has 0 aliphatic rings. The molecule has 5 heteroatoms. The Balaban J connectivity index is 3.67. The first-order valence-corrected chi connectivity index (χ1v) is 5.35. The first-order chi connectivity index (χ1) is 5.24. The van der Waals surface area contributed by atoms with E-state index in [1.165, 1.54) is 0 Å². The van der Waals surface area contributed by atoms with Crippen LogP contribution in [-0.2, 0) is 9.59 Å². The van der Waals surface area contributed by atoms with Crippen LogP contribution in [0.3, 0.4) is 0 Å². The van der Waals surface area contributed by atoms with Gasteiger partial charge < -0.3 is 10.5 Å². The van der Waals surface area contributed by atoms with Crippen molar-refractivity contribution >= 4 is 34.9 Å². The lowest BCUT2D eigenvalue weighted by molar-refractivity contribution is -0.110. The van der Waals surface area contributed by atoms with Crippen LogP contribution in [0.5, 0.6) is 0 Å². The Hall–Kier alpha value is -0.0000000000000000763. The molecule has 0 fully saturated rings. The highest BCUT2D eigenvalue weighted by molar-refractivity contribution is 8.15. The molecule has 0 aromatic heterocycles. The van der Waals surface area contributed by atoms with Crippen molar-refractivity contribution in [1.29, 1.82) is 0 Å². The van der Waals surface area contributed by atoms with Crippen molar-refractivity contribution in [3.05, 3.63) is 0 Å². The number of hydrogen-bond donors (Lipinski definition) is 1. The SMILES string of the molecule is CSC[C@@H](C=O)SC(=O)CN. The highest BCUT2D eigenvalue weighted by Crippen LogP contribution is 2.13. The Bertz CT molecular complexity index is 141. The minimum atomic E-state index is -0.235. The maximum atomic E-state index is 10.7. The number of nitrogens with two attached hydrogens (primary N) is 1. The van der Waals surface area contributed by atoms with E-state index in [0.29, 0.717) is 5.75 Å². The summed E-state index contributed by atoms with van der Waals surface area (Å²) in [5, 5.41) is -0.364. The highest BCUT2D eigenvalue weighted by atomic mass is 32.2. The second kappa shape index (κ2) is 6.69. The second-order valence-electron chi connectivity index (χ2n) is 1.82. The van der Waals surface area contributed by atoms with E-state index in [1.54, 1.807) is 11.8 Å². The summed E-state index contributed by atoms with van der Waals surface area (Å²) in [5.74, 6) is 0.667. The van der Waals surface area contributed by atoms with Crippen molar-refractivity contribution in [1.82, 2.24) is 0 Å². The van der Waals surface area contributed by atoms with Gasteiger partial charge in [0.1, 0.15) is 6.29 Å². The van der Waals surface area contributed by atoms with Gasteiger partial charge in [0.2, 0.25) is 5.12 Å². The van der Waals surface area contributed by atoms with Crippen LogP contribution in [0.1, 0.15) is 0 Å². The van der Waals surface area contributed by atoms with Gasteiger partial charge in [-0.05, 0) is 6.26 Å². The summed E-state index contributed by atoms with van der Waals surface area (Å²) in [4.78, 5) is 21.0. The molecule has 0 aromatic carbocycles. The maximum Gasteiger partial charge on any atom is 0.203 e. The van der Waals surface area contributed by atoms with Gasteiger partial charge in [0.15, 0.2) is 0 Å². The van der Waals surface area contributed by atoms with Gasteiger partial charge in [-0.2, -0.15) is 11.8 Å². The van der Waals surface area contributed by atoms with E-state index in [0.717, 1.165) is 18.0 Å². The average molecular weight is 193 g/mol. The number of carbonyl (C=O) groups is 2. The number of thioether (sulfide) groups is 2. The number of aldehydes is 1. The normalized spacial score (nSPS) is 12.5. The number of rotatable bonds is 5. The average Bonchev–Trinajstić information content (AvgIpc) is 2.03. The topological polar surface area (TPSA) is 60.2 Å². The Kier molecular flexibility index (Phi) is 6.69. The van der Waals surface area contributed by atoms with Gasteiger partial charge in [-0.25, -0.2) is 0 Å². The molecule has 64 valence electrons. The van der Waals surface area contributed by atoms with Crippen molar-refractivity contribution in [2.45, 2.75) is 5.25 Å². The molecule has 0 unspecified atom stereocenters. The predicted molar refractivity (Wildman–Crippen MR) is 49.9 cm³/mol. The Morgan fingerprint density at radius 2 is 2.36 bits per heavy atom. The molecule has 0 aromatic rings. The van der Waals surface area contributed by atoms with Crippen molar-refractivity contribution in [2.24, 2.45) is 5.73 Å². The van der Waals surface area contributed by atoms with Crippen molar-refractivity contribution in [3.63, 3.8) is 0 Å². The molecule has 0 bridgehead atoms. The quantitative estimate of drug-likeness (QED) is 0.629. The van der Waals surface area contributed by atoms with Crippen LogP contribution in [0, 0.1) is 0 Å². The van der Waals surface area contributed by atoms with Gasteiger partial charge in [-0.15, -0.1) is 0 Å². The van der Waals surface area contributed by atoms with Gasteiger partial charge in [-0.3, -0.25) is 4.79 Å². The molecule has 0 saturated carbocycles. The fraction of sp³-hybridized carbons (Fsp3) is 0.667. The fourth-order valence-corrected chi connectivity index (χ4v) is 2.06. The monoisotopic (exact) mass is 193 g/mol. The first kappa shape index (κ1) is 11.0. The van der Waals surface area contributed by atoms with E-state index in [9.17, 15) is 9.59 Å². The summed E-state index contributed by atoms with van der Waals surface area (Å²) in [5.41, 5.74) is 5.08. The Labute approximate surface area is 74.5 Å². The lowest BCUT2D eigenvalue weighted by Gasteiger charge is -2.04. The minimum Gasteiger partial charge on any atom is -0.323 e. The lowest BCUT2D eigenvalue weighted by atomic mass is 10.5. The molecule has 11 heavy (non-hydrogen) atoms. The molecule has 0 radical (unpaired) electrons. The number of carbonyl (C=O) groups excluding carboxylic acids is 2. The molecule has 0 rings (SSSR count). The van der Waals surface area contributed by atoms with Crippen molar-refractivity contribution in [3.8, 4) is 0 Å². The summed E-state index contributed by atoms with van der Waals surface area (Å²) in [6.45, 7) is 0.00336. The lowest BCUT2D eigenvalue weighted by Crippen LogP contribution is -2.17. The third-order valence-corrected chi connectivity index (χ3v) is 2.85. The molecule has 0 amide bonds. The molecule has 2 N–H and O–H groups in total. The fourth-order valence-electron chi connectivity index (χ4n) is 0.482. The van der Waals surface area contributed by atoms with E-state index in [2.05, 4.69) is 0 Å². The van der Waals surface area contributed by atoms with Gasteiger partial charge >= 0.3 is 0 Å². The van der Waals surface area contributed by atoms with Crippen LogP contribution in [-0.4, -0.2) is 35.2 Å². The molecule has 0 spiro atoms. The number of hydrogen-bond acceptors (Lipinski definition) is 5. The third-order valence-electron chi connectivity index (χ3n) is 0.932. The summed E-state index contributed by atoms with van der Waals surface area (Å²) in [6, 6.07) is 0. The van der Waals surface area contributed by atoms with E-state index in [1.807, 2.05) is 6.26 Å². The zero-order valence-corrected chi connectivity index (χ0v) is 7.91. The largest absolute Gasteiger partial charge is 0.323 e. The smallest absolute Gasteiger partial charge is 0.203 e. The van der Waals surface area contributed by atoms with Crippen LogP contribution in [0.4, 0.5) is 0 Å². The zero-order chi connectivity index (χ0) is 8.69. The maximum absolute atomic E-state index is 10.7. The summed E-state index contributed by atoms with van der Waals surface area (Å²) >= 11 is 2.56. The highest BCUT2D eigenvalue weighted by Gasteiger charge is 2.11. The van der Waals surface area contributed by atoms with Gasteiger partial charge in [0.25, 0.3) is 0 Å². The molecule has 0 aliphatic carbocycles. The van der Waals surface area contributed by atoms with Crippen LogP contribution in [0.2, 0.25) is 0 Å². The van der Waals surface area contributed by atoms with Crippen LogP contribution in [0.25, 0.3) is 0 Å². The van der Waals surface area contributed by atoms with Crippen LogP contribution in [0.15, 0.2) is 0 Å². The van der Waals surface area contributed by atoms with Crippen LogP contribution >= 0.6 is 23.5 Å². The van der Waals surface area contributed by atoms with Crippen LogP contribution < -0.4 is 5.73 Å². The zero-order valence-electron chi connectivity index (χ0n) is 6.28. The van der Waals surface area contributed by atoms with Gasteiger partial charge in [-0.1, -0.05) is 11.8 Å². The molecule has 0 aliphatic heterocycles.